The van der Waals surface area contributed by atoms with E-state index in [4.69, 9.17) is 4.74 Å². The highest BCUT2D eigenvalue weighted by atomic mass is 16.5. The Morgan fingerprint density at radius 1 is 1.33 bits per heavy atom. The standard InChI is InChI=1S/C16H27N3O2/c1-18(11-12-20)15(13-19-9-7-17-8-10-19)14-5-3-4-6-16(14)21-2/h3-6,15,17,20H,7-13H2,1-2H3. The largest absolute Gasteiger partial charge is 0.496 e. The molecule has 1 saturated heterocycles. The van der Waals surface area contributed by atoms with Crippen molar-refractivity contribution in [1.29, 1.82) is 0 Å². The second kappa shape index (κ2) is 8.34. The lowest BCUT2D eigenvalue weighted by molar-refractivity contribution is 0.128. The molecule has 21 heavy (non-hydrogen) atoms. The first-order chi connectivity index (χ1) is 10.3. The van der Waals surface area contributed by atoms with Crippen molar-refractivity contribution in [2.24, 2.45) is 0 Å². The van der Waals surface area contributed by atoms with Crippen LogP contribution in [0.1, 0.15) is 11.6 Å². The quantitative estimate of drug-likeness (QED) is 0.769. The number of benzene rings is 1. The Morgan fingerprint density at radius 3 is 2.71 bits per heavy atom. The summed E-state index contributed by atoms with van der Waals surface area (Å²) in [6.45, 7) is 6.01. The van der Waals surface area contributed by atoms with E-state index in [1.807, 2.05) is 12.1 Å². The first-order valence-corrected chi connectivity index (χ1v) is 7.63. The van der Waals surface area contributed by atoms with Crippen LogP contribution in [0.2, 0.25) is 0 Å². The molecule has 2 N–H and O–H groups in total. The number of aliphatic hydroxyl groups is 1. The third-order valence-electron chi connectivity index (χ3n) is 4.12. The summed E-state index contributed by atoms with van der Waals surface area (Å²) in [5.74, 6) is 0.919. The summed E-state index contributed by atoms with van der Waals surface area (Å²) in [5, 5.41) is 12.7. The number of para-hydroxylation sites is 1. The molecule has 1 aromatic carbocycles. The Kier molecular flexibility index (Phi) is 6.45. The third-order valence-corrected chi connectivity index (χ3v) is 4.12. The van der Waals surface area contributed by atoms with Crippen LogP contribution in [0.4, 0.5) is 0 Å². The molecular formula is C16H27N3O2. The summed E-state index contributed by atoms with van der Waals surface area (Å²) in [5.41, 5.74) is 1.19. The molecule has 1 unspecified atom stereocenters. The minimum Gasteiger partial charge on any atom is -0.496 e. The maximum Gasteiger partial charge on any atom is 0.123 e. The van der Waals surface area contributed by atoms with E-state index in [0.717, 1.165) is 38.5 Å². The van der Waals surface area contributed by atoms with Crippen LogP contribution in [0.3, 0.4) is 0 Å². The number of hydrogen-bond acceptors (Lipinski definition) is 5. The van der Waals surface area contributed by atoms with E-state index in [2.05, 4.69) is 34.3 Å². The number of nitrogens with one attached hydrogen (secondary N) is 1. The van der Waals surface area contributed by atoms with Crippen LogP contribution in [-0.2, 0) is 0 Å². The van der Waals surface area contributed by atoms with Crippen molar-refractivity contribution < 1.29 is 9.84 Å². The van der Waals surface area contributed by atoms with Gasteiger partial charge in [0.2, 0.25) is 0 Å². The molecule has 0 aliphatic carbocycles. The molecule has 0 radical (unpaired) electrons. The number of piperazine rings is 1. The molecule has 118 valence electrons. The van der Waals surface area contributed by atoms with Gasteiger partial charge in [-0.2, -0.15) is 0 Å². The van der Waals surface area contributed by atoms with E-state index in [1.165, 1.54) is 5.56 Å². The third kappa shape index (κ3) is 4.41. The molecule has 1 fully saturated rings. The zero-order valence-corrected chi connectivity index (χ0v) is 13.1. The van der Waals surface area contributed by atoms with E-state index < -0.39 is 0 Å². The fourth-order valence-electron chi connectivity index (χ4n) is 2.87. The second-order valence-corrected chi connectivity index (χ2v) is 5.51. The van der Waals surface area contributed by atoms with Crippen molar-refractivity contribution in [2.45, 2.75) is 6.04 Å². The molecule has 1 aliphatic rings. The van der Waals surface area contributed by atoms with Crippen LogP contribution in [0.25, 0.3) is 0 Å². The minimum atomic E-state index is 0.170. The predicted molar refractivity (Wildman–Crippen MR) is 84.8 cm³/mol. The summed E-state index contributed by atoms with van der Waals surface area (Å²) in [6.07, 6.45) is 0. The van der Waals surface area contributed by atoms with Gasteiger partial charge in [-0.3, -0.25) is 9.80 Å². The van der Waals surface area contributed by atoms with Crippen molar-refractivity contribution in [3.05, 3.63) is 29.8 Å². The van der Waals surface area contributed by atoms with Crippen LogP contribution >= 0.6 is 0 Å². The van der Waals surface area contributed by atoms with Gasteiger partial charge in [0.15, 0.2) is 0 Å². The lowest BCUT2D eigenvalue weighted by atomic mass is 10.0. The number of methoxy groups -OCH3 is 1. The minimum absolute atomic E-state index is 0.170. The molecule has 0 amide bonds. The molecule has 1 heterocycles. The van der Waals surface area contributed by atoms with Gasteiger partial charge in [0, 0.05) is 44.8 Å². The number of hydrogen-bond donors (Lipinski definition) is 2. The summed E-state index contributed by atoms with van der Waals surface area (Å²) in [7, 11) is 3.78. The van der Waals surface area contributed by atoms with Gasteiger partial charge in [0.05, 0.1) is 19.8 Å². The summed E-state index contributed by atoms with van der Waals surface area (Å²) >= 11 is 0. The number of rotatable bonds is 7. The van der Waals surface area contributed by atoms with Crippen LogP contribution < -0.4 is 10.1 Å². The van der Waals surface area contributed by atoms with E-state index in [-0.39, 0.29) is 12.6 Å². The van der Waals surface area contributed by atoms with Crippen molar-refractivity contribution >= 4 is 0 Å². The molecule has 0 spiro atoms. The van der Waals surface area contributed by atoms with Crippen LogP contribution in [0.5, 0.6) is 5.75 Å². The SMILES string of the molecule is COc1ccccc1C(CN1CCNCC1)N(C)CCO. The van der Waals surface area contributed by atoms with Crippen molar-refractivity contribution in [3.8, 4) is 5.75 Å². The predicted octanol–water partition coefficient (Wildman–Crippen LogP) is 0.566. The topological polar surface area (TPSA) is 48.0 Å². The van der Waals surface area contributed by atoms with Gasteiger partial charge in [-0.25, -0.2) is 0 Å². The zero-order chi connectivity index (χ0) is 15.1. The number of aliphatic hydroxyl groups excluding tert-OH is 1. The van der Waals surface area contributed by atoms with Gasteiger partial charge in [-0.15, -0.1) is 0 Å². The highest BCUT2D eigenvalue weighted by Gasteiger charge is 2.23. The maximum atomic E-state index is 9.27. The molecule has 1 aliphatic heterocycles. The van der Waals surface area contributed by atoms with E-state index >= 15 is 0 Å². The Hall–Kier alpha value is -1.14. The summed E-state index contributed by atoms with van der Waals surface area (Å²) in [6, 6.07) is 8.41. The molecule has 5 nitrogen and oxygen atoms in total. The first-order valence-electron chi connectivity index (χ1n) is 7.63. The van der Waals surface area contributed by atoms with Gasteiger partial charge in [-0.05, 0) is 13.1 Å². The van der Waals surface area contributed by atoms with E-state index in [0.29, 0.717) is 6.54 Å². The fraction of sp³-hybridized carbons (Fsp3) is 0.625. The average molecular weight is 293 g/mol. The van der Waals surface area contributed by atoms with E-state index in [1.54, 1.807) is 7.11 Å². The molecule has 0 saturated carbocycles. The van der Waals surface area contributed by atoms with Crippen LogP contribution in [0.15, 0.2) is 24.3 Å². The molecule has 0 bridgehead atoms. The van der Waals surface area contributed by atoms with Gasteiger partial charge >= 0.3 is 0 Å². The monoisotopic (exact) mass is 293 g/mol. The fourth-order valence-corrected chi connectivity index (χ4v) is 2.87. The van der Waals surface area contributed by atoms with Crippen LogP contribution in [0, 0.1) is 0 Å². The van der Waals surface area contributed by atoms with Crippen LogP contribution in [-0.4, -0.2) is 74.9 Å². The second-order valence-electron chi connectivity index (χ2n) is 5.51. The lowest BCUT2D eigenvalue weighted by Crippen LogP contribution is -2.47. The number of nitrogens with zero attached hydrogens (tertiary/aromatic N) is 2. The molecule has 1 aromatic rings. The first kappa shape index (κ1) is 16.2. The van der Waals surface area contributed by atoms with Gasteiger partial charge in [0.25, 0.3) is 0 Å². The average Bonchev–Trinajstić information content (AvgIpc) is 2.54. The highest BCUT2D eigenvalue weighted by molar-refractivity contribution is 5.36. The van der Waals surface area contributed by atoms with Gasteiger partial charge in [-0.1, -0.05) is 18.2 Å². The zero-order valence-electron chi connectivity index (χ0n) is 13.1. The molecular weight excluding hydrogens is 266 g/mol. The highest BCUT2D eigenvalue weighted by Crippen LogP contribution is 2.29. The summed E-state index contributed by atoms with van der Waals surface area (Å²) in [4.78, 5) is 4.68. The molecule has 2 rings (SSSR count). The lowest BCUT2D eigenvalue weighted by Gasteiger charge is -2.35. The maximum absolute atomic E-state index is 9.27. The molecule has 1 atom stereocenters. The number of likely N-dealkylation sites (N-methyl/N-ethyl adjacent to an activating group) is 1. The Morgan fingerprint density at radius 2 is 2.05 bits per heavy atom. The van der Waals surface area contributed by atoms with Crippen molar-refractivity contribution in [1.82, 2.24) is 15.1 Å². The smallest absolute Gasteiger partial charge is 0.123 e. The van der Waals surface area contributed by atoms with E-state index in [9.17, 15) is 5.11 Å². The molecule has 0 aromatic heterocycles. The summed E-state index contributed by atoms with van der Waals surface area (Å²) < 4.78 is 5.52. The van der Waals surface area contributed by atoms with Gasteiger partial charge in [0.1, 0.15) is 5.75 Å². The Balaban J connectivity index is 2.17. The number of ether oxygens (including phenoxy) is 1. The normalized spacial score (nSPS) is 17.9. The Labute approximate surface area is 127 Å². The Bertz CT molecular complexity index is 422. The molecule has 5 heteroatoms. The van der Waals surface area contributed by atoms with Gasteiger partial charge < -0.3 is 15.2 Å². The van der Waals surface area contributed by atoms with Crippen molar-refractivity contribution in [2.75, 3.05) is 60.0 Å². The van der Waals surface area contributed by atoms with Crippen molar-refractivity contribution in [3.63, 3.8) is 0 Å².